The first-order chi connectivity index (χ1) is 14.6. The smallest absolute Gasteiger partial charge is 0.119 e. The molecule has 30 heavy (non-hydrogen) atoms. The summed E-state index contributed by atoms with van der Waals surface area (Å²) in [6.45, 7) is 4.65. The quantitative estimate of drug-likeness (QED) is 0.488. The summed E-state index contributed by atoms with van der Waals surface area (Å²) in [5.74, 6) is 1.30. The largest absolute Gasteiger partial charge is 0.491 e. The number of nitrogens with one attached hydrogen (secondary N) is 1. The molecule has 2 N–H and O–H groups in total. The first kappa shape index (κ1) is 23.5. The highest BCUT2D eigenvalue weighted by Crippen LogP contribution is 2.42. The topological polar surface area (TPSA) is 60.0 Å². The highest BCUT2D eigenvalue weighted by molar-refractivity contribution is 7.16. The van der Waals surface area contributed by atoms with Crippen LogP contribution in [0.4, 0.5) is 0 Å². The monoisotopic (exact) mass is 453 g/mol. The van der Waals surface area contributed by atoms with Gasteiger partial charge in [-0.15, -0.1) is 11.3 Å². The zero-order chi connectivity index (χ0) is 21.3. The van der Waals surface area contributed by atoms with Crippen LogP contribution in [-0.4, -0.2) is 51.3 Å². The maximum Gasteiger partial charge on any atom is 0.119 e. The van der Waals surface area contributed by atoms with Gasteiger partial charge in [-0.1, -0.05) is 23.7 Å². The number of aliphatic hydroxyl groups excluding tert-OH is 1. The number of thiophene rings is 1. The van der Waals surface area contributed by atoms with E-state index in [-0.39, 0.29) is 12.6 Å². The van der Waals surface area contributed by atoms with Gasteiger partial charge < -0.3 is 24.6 Å². The Hall–Kier alpha value is -1.15. The van der Waals surface area contributed by atoms with Crippen LogP contribution in [0, 0.1) is 0 Å². The zero-order valence-electron chi connectivity index (χ0n) is 17.7. The molecule has 3 rings (SSSR count). The summed E-state index contributed by atoms with van der Waals surface area (Å²) in [6, 6.07) is 11.1. The summed E-state index contributed by atoms with van der Waals surface area (Å²) in [5, 5.41) is 13.1. The fourth-order valence-electron chi connectivity index (χ4n) is 4.06. The lowest BCUT2D eigenvalue weighted by Gasteiger charge is -2.35. The van der Waals surface area contributed by atoms with Gasteiger partial charge in [0.05, 0.1) is 24.2 Å². The average Bonchev–Trinajstić information content (AvgIpc) is 3.11. The minimum Gasteiger partial charge on any atom is -0.491 e. The summed E-state index contributed by atoms with van der Waals surface area (Å²) in [7, 11) is 1.66. The maximum atomic E-state index is 9.40. The van der Waals surface area contributed by atoms with Crippen molar-refractivity contribution < 1.29 is 19.3 Å². The van der Waals surface area contributed by atoms with Crippen LogP contribution in [0.2, 0.25) is 4.34 Å². The van der Waals surface area contributed by atoms with Crippen LogP contribution >= 0.6 is 22.9 Å². The van der Waals surface area contributed by atoms with Gasteiger partial charge in [-0.2, -0.15) is 0 Å². The van der Waals surface area contributed by atoms with Gasteiger partial charge in [-0.3, -0.25) is 0 Å². The normalized spacial score (nSPS) is 21.7. The second-order valence-corrected chi connectivity index (χ2v) is 9.44. The van der Waals surface area contributed by atoms with E-state index in [9.17, 15) is 5.11 Å². The van der Waals surface area contributed by atoms with Crippen molar-refractivity contribution in [2.45, 2.75) is 44.2 Å². The third-order valence-corrected chi connectivity index (χ3v) is 6.89. The molecule has 0 spiro atoms. The van der Waals surface area contributed by atoms with E-state index < -0.39 is 0 Å². The molecule has 1 saturated heterocycles. The minimum absolute atomic E-state index is 0.156. The average molecular weight is 454 g/mol. The Morgan fingerprint density at radius 1 is 1.13 bits per heavy atom. The van der Waals surface area contributed by atoms with Crippen molar-refractivity contribution in [3.8, 4) is 5.75 Å². The number of halogens is 1. The first-order valence-electron chi connectivity index (χ1n) is 10.5. The minimum atomic E-state index is 0.156. The summed E-state index contributed by atoms with van der Waals surface area (Å²) in [5.41, 5.74) is 2.46. The predicted molar refractivity (Wildman–Crippen MR) is 122 cm³/mol. The van der Waals surface area contributed by atoms with Crippen LogP contribution in [0.15, 0.2) is 30.3 Å². The second kappa shape index (κ2) is 12.0. The molecule has 3 atom stereocenters. The summed E-state index contributed by atoms with van der Waals surface area (Å²) in [6.07, 6.45) is 2.77. The first-order valence-corrected chi connectivity index (χ1v) is 11.7. The predicted octanol–water partition coefficient (Wildman–Crippen LogP) is 4.57. The lowest BCUT2D eigenvalue weighted by atomic mass is 9.83. The molecule has 166 valence electrons. The number of ether oxygens (including phenoxy) is 3. The number of rotatable bonds is 11. The van der Waals surface area contributed by atoms with Crippen molar-refractivity contribution in [3.63, 3.8) is 0 Å². The van der Waals surface area contributed by atoms with Crippen molar-refractivity contribution in [1.82, 2.24) is 5.32 Å². The molecule has 0 amide bonds. The summed E-state index contributed by atoms with van der Waals surface area (Å²) < 4.78 is 16.9. The standard InChI is InChI=1S/C23H32ClNO4S/c1-16-13-19(23-18(7-8-26)15-22(24)30-23)14-21(25-16)17-3-5-20(6-4-17)29-12-11-28-10-9-27-2/h3-6,15-16,19,21,25-26H,7-14H2,1-2H3. The number of benzene rings is 1. The van der Waals surface area contributed by atoms with Crippen LogP contribution in [0.1, 0.15) is 47.7 Å². The van der Waals surface area contributed by atoms with Gasteiger partial charge in [0.1, 0.15) is 12.4 Å². The van der Waals surface area contributed by atoms with Crippen LogP contribution in [0.25, 0.3) is 0 Å². The summed E-state index contributed by atoms with van der Waals surface area (Å²) >= 11 is 7.96. The SMILES string of the molecule is COCCOCCOc1ccc(C2CC(c3sc(Cl)cc3CCO)CC(C)N2)cc1. The second-order valence-electron chi connectivity index (χ2n) is 7.72. The van der Waals surface area contributed by atoms with Gasteiger partial charge in [0, 0.05) is 30.7 Å². The molecule has 1 aliphatic rings. The molecule has 1 fully saturated rings. The van der Waals surface area contributed by atoms with E-state index in [1.165, 1.54) is 16.0 Å². The van der Waals surface area contributed by atoms with Gasteiger partial charge in [0.25, 0.3) is 0 Å². The Bertz CT molecular complexity index is 767. The van der Waals surface area contributed by atoms with E-state index in [1.807, 2.05) is 18.2 Å². The lowest BCUT2D eigenvalue weighted by molar-refractivity contribution is 0.0544. The molecule has 1 aromatic carbocycles. The third kappa shape index (κ3) is 6.67. The van der Waals surface area contributed by atoms with Crippen molar-refractivity contribution in [2.24, 2.45) is 0 Å². The van der Waals surface area contributed by atoms with Gasteiger partial charge in [0.15, 0.2) is 0 Å². The number of piperidine rings is 1. The van der Waals surface area contributed by atoms with Crippen LogP contribution in [0.5, 0.6) is 5.75 Å². The fourth-order valence-corrected chi connectivity index (χ4v) is 5.51. The van der Waals surface area contributed by atoms with Gasteiger partial charge in [0.2, 0.25) is 0 Å². The Morgan fingerprint density at radius 2 is 1.90 bits per heavy atom. The molecule has 0 radical (unpaired) electrons. The highest BCUT2D eigenvalue weighted by atomic mass is 35.5. The van der Waals surface area contributed by atoms with E-state index in [4.69, 9.17) is 25.8 Å². The molecule has 2 heterocycles. The number of aliphatic hydroxyl groups is 1. The van der Waals surface area contributed by atoms with E-state index in [2.05, 4.69) is 24.4 Å². The Kier molecular flexibility index (Phi) is 9.43. The molecule has 1 aliphatic heterocycles. The molecular formula is C23H32ClNO4S. The molecule has 0 saturated carbocycles. The number of hydrogen-bond donors (Lipinski definition) is 2. The molecule has 0 aliphatic carbocycles. The van der Waals surface area contributed by atoms with Crippen LogP contribution in [-0.2, 0) is 15.9 Å². The van der Waals surface area contributed by atoms with Crippen molar-refractivity contribution in [2.75, 3.05) is 40.1 Å². The maximum absolute atomic E-state index is 9.40. The summed E-state index contributed by atoms with van der Waals surface area (Å²) in [4.78, 5) is 1.33. The lowest BCUT2D eigenvalue weighted by Crippen LogP contribution is -2.37. The molecule has 5 nitrogen and oxygen atoms in total. The van der Waals surface area contributed by atoms with Crippen molar-refractivity contribution in [3.05, 3.63) is 50.7 Å². The molecule has 0 bridgehead atoms. The molecule has 7 heteroatoms. The number of methoxy groups -OCH3 is 1. The molecule has 2 aromatic rings. The van der Waals surface area contributed by atoms with Crippen LogP contribution < -0.4 is 10.1 Å². The Labute approximate surface area is 188 Å². The molecular weight excluding hydrogens is 422 g/mol. The highest BCUT2D eigenvalue weighted by Gasteiger charge is 2.30. The van der Waals surface area contributed by atoms with Gasteiger partial charge in [-0.25, -0.2) is 0 Å². The van der Waals surface area contributed by atoms with E-state index in [0.717, 1.165) is 22.9 Å². The third-order valence-electron chi connectivity index (χ3n) is 5.42. The van der Waals surface area contributed by atoms with E-state index in [1.54, 1.807) is 18.4 Å². The number of hydrogen-bond acceptors (Lipinski definition) is 6. The van der Waals surface area contributed by atoms with Crippen molar-refractivity contribution >= 4 is 22.9 Å². The molecule has 1 aromatic heterocycles. The fraction of sp³-hybridized carbons (Fsp3) is 0.565. The van der Waals surface area contributed by atoms with E-state index in [0.29, 0.717) is 44.8 Å². The van der Waals surface area contributed by atoms with Crippen LogP contribution in [0.3, 0.4) is 0 Å². The molecule has 3 unspecified atom stereocenters. The van der Waals surface area contributed by atoms with Crippen molar-refractivity contribution in [1.29, 1.82) is 0 Å². The van der Waals surface area contributed by atoms with Gasteiger partial charge in [-0.05, 0) is 61.4 Å². The van der Waals surface area contributed by atoms with E-state index >= 15 is 0 Å². The van der Waals surface area contributed by atoms with Gasteiger partial charge >= 0.3 is 0 Å². The zero-order valence-corrected chi connectivity index (χ0v) is 19.3. The Balaban J connectivity index is 1.59. The Morgan fingerprint density at radius 3 is 2.63 bits per heavy atom.